The summed E-state index contributed by atoms with van der Waals surface area (Å²) in [6.45, 7) is 0. The maximum Gasteiger partial charge on any atom is 0.307 e. The molecule has 2 heterocycles. The van der Waals surface area contributed by atoms with E-state index in [0.29, 0.717) is 33.2 Å². The summed E-state index contributed by atoms with van der Waals surface area (Å²) in [5.41, 5.74) is 2.86. The lowest BCUT2D eigenvalue weighted by molar-refractivity contribution is -0.136. The van der Waals surface area contributed by atoms with Crippen LogP contribution in [-0.2, 0) is 22.4 Å². The maximum atomic E-state index is 13.5. The number of halogens is 2. The molecule has 10 nitrogen and oxygen atoms in total. The fourth-order valence-electron chi connectivity index (χ4n) is 4.33. The lowest BCUT2D eigenvalue weighted by Crippen LogP contribution is -2.34. The molecule has 0 unspecified atom stereocenters. The molecular weight excluding hydrogens is 567 g/mol. The van der Waals surface area contributed by atoms with E-state index in [0.717, 1.165) is 5.56 Å². The Kier molecular flexibility index (Phi) is 8.23. The van der Waals surface area contributed by atoms with Gasteiger partial charge in [-0.1, -0.05) is 70.9 Å². The van der Waals surface area contributed by atoms with Gasteiger partial charge in [-0.2, -0.15) is 0 Å². The Bertz CT molecular complexity index is 1770. The molecule has 0 saturated carbocycles. The van der Waals surface area contributed by atoms with E-state index in [1.807, 2.05) is 30.3 Å². The minimum absolute atomic E-state index is 0.128. The van der Waals surface area contributed by atoms with Crippen molar-refractivity contribution in [1.82, 2.24) is 24.5 Å². The van der Waals surface area contributed by atoms with E-state index >= 15 is 0 Å². The Morgan fingerprint density at radius 3 is 2.37 bits per heavy atom. The Labute approximate surface area is 243 Å². The fraction of sp³-hybridized carbons (Fsp3) is 0.103. The molecule has 0 aliphatic rings. The predicted molar refractivity (Wildman–Crippen MR) is 154 cm³/mol. The van der Waals surface area contributed by atoms with Crippen LogP contribution < -0.4 is 10.9 Å². The lowest BCUT2D eigenvalue weighted by Gasteiger charge is -2.20. The normalized spacial score (nSPS) is 11.7. The third-order valence-corrected chi connectivity index (χ3v) is 6.68. The van der Waals surface area contributed by atoms with Crippen LogP contribution in [-0.4, -0.2) is 41.5 Å². The van der Waals surface area contributed by atoms with Crippen LogP contribution in [0.1, 0.15) is 17.2 Å². The van der Waals surface area contributed by atoms with Gasteiger partial charge in [0.15, 0.2) is 5.15 Å². The molecule has 41 heavy (non-hydrogen) atoms. The highest BCUT2D eigenvalue weighted by Gasteiger charge is 2.24. The Balaban J connectivity index is 1.49. The van der Waals surface area contributed by atoms with Crippen molar-refractivity contribution in [1.29, 1.82) is 0 Å². The third-order valence-electron chi connectivity index (χ3n) is 6.27. The topological polar surface area (TPSA) is 132 Å². The van der Waals surface area contributed by atoms with E-state index in [4.69, 9.17) is 28.3 Å². The summed E-state index contributed by atoms with van der Waals surface area (Å²) < 4.78 is 2.73. The summed E-state index contributed by atoms with van der Waals surface area (Å²) >= 11 is 12.2. The smallest absolute Gasteiger partial charge is 0.307 e. The molecule has 5 aromatic rings. The third kappa shape index (κ3) is 6.68. The van der Waals surface area contributed by atoms with E-state index in [2.05, 4.69) is 20.6 Å². The Hall–Kier alpha value is -4.80. The fourth-order valence-corrected chi connectivity index (χ4v) is 4.62. The van der Waals surface area contributed by atoms with Crippen LogP contribution in [0.4, 0.5) is 5.69 Å². The van der Waals surface area contributed by atoms with Crippen LogP contribution in [0.3, 0.4) is 0 Å². The summed E-state index contributed by atoms with van der Waals surface area (Å²) in [6, 6.07) is 21.3. The summed E-state index contributed by atoms with van der Waals surface area (Å²) in [5, 5.41) is 20.3. The van der Waals surface area contributed by atoms with Gasteiger partial charge in [0.05, 0.1) is 30.3 Å². The Morgan fingerprint density at radius 2 is 1.71 bits per heavy atom. The molecule has 0 bridgehead atoms. The number of benzene rings is 3. The molecule has 0 aliphatic carbocycles. The van der Waals surface area contributed by atoms with Gasteiger partial charge in [0.1, 0.15) is 6.04 Å². The minimum Gasteiger partial charge on any atom is -0.481 e. The van der Waals surface area contributed by atoms with Crippen molar-refractivity contribution in [2.45, 2.75) is 18.9 Å². The van der Waals surface area contributed by atoms with Crippen LogP contribution in [0, 0.1) is 0 Å². The van der Waals surface area contributed by atoms with Gasteiger partial charge >= 0.3 is 5.97 Å². The number of nitrogens with one attached hydrogen (secondary N) is 1. The average Bonchev–Trinajstić information content (AvgIpc) is 3.39. The second-order valence-electron chi connectivity index (χ2n) is 9.13. The molecule has 0 fully saturated rings. The van der Waals surface area contributed by atoms with E-state index in [-0.39, 0.29) is 18.0 Å². The first-order valence-electron chi connectivity index (χ1n) is 12.4. The van der Waals surface area contributed by atoms with Crippen molar-refractivity contribution in [3.8, 4) is 16.9 Å². The van der Waals surface area contributed by atoms with Crippen molar-refractivity contribution >= 4 is 40.8 Å². The van der Waals surface area contributed by atoms with Crippen LogP contribution in [0.15, 0.2) is 96.2 Å². The number of hydrogen-bond acceptors (Lipinski definition) is 6. The number of carboxylic acids is 1. The first-order chi connectivity index (χ1) is 19.8. The zero-order valence-corrected chi connectivity index (χ0v) is 22.8. The van der Waals surface area contributed by atoms with E-state index in [1.54, 1.807) is 42.5 Å². The molecule has 2 N–H and O–H groups in total. The molecule has 0 radical (unpaired) electrons. The van der Waals surface area contributed by atoms with Crippen molar-refractivity contribution in [3.63, 3.8) is 0 Å². The van der Waals surface area contributed by atoms with Crippen molar-refractivity contribution < 1.29 is 14.7 Å². The minimum atomic E-state index is -0.949. The Morgan fingerprint density at radius 1 is 0.951 bits per heavy atom. The summed E-state index contributed by atoms with van der Waals surface area (Å²) in [7, 11) is 0. The molecule has 0 aliphatic heterocycles. The zero-order valence-electron chi connectivity index (χ0n) is 21.3. The van der Waals surface area contributed by atoms with Gasteiger partial charge in [-0.25, -0.2) is 9.67 Å². The van der Waals surface area contributed by atoms with Crippen molar-refractivity contribution in [2.24, 2.45) is 0 Å². The highest BCUT2D eigenvalue weighted by molar-refractivity contribution is 6.31. The molecule has 0 spiro atoms. The number of nitrogens with zero attached hydrogens (tertiary/aromatic N) is 5. The second kappa shape index (κ2) is 12.2. The predicted octanol–water partition coefficient (Wildman–Crippen LogP) is 4.85. The van der Waals surface area contributed by atoms with Crippen molar-refractivity contribution in [3.05, 3.63) is 123 Å². The molecule has 12 heteroatoms. The number of aliphatic carboxylic acids is 1. The molecular formula is C29H22Cl2N6O4. The van der Waals surface area contributed by atoms with E-state index < -0.39 is 23.5 Å². The number of aromatic nitrogens is 5. The first kappa shape index (κ1) is 27.8. The van der Waals surface area contributed by atoms with Crippen LogP contribution >= 0.6 is 23.2 Å². The zero-order chi connectivity index (χ0) is 28.9. The number of carbonyl (C=O) groups excluding carboxylic acids is 1. The first-order valence-corrected chi connectivity index (χ1v) is 13.1. The maximum absolute atomic E-state index is 13.5. The van der Waals surface area contributed by atoms with Gasteiger partial charge in [-0.15, -0.1) is 5.10 Å². The van der Waals surface area contributed by atoms with Gasteiger partial charge in [0.2, 0.25) is 5.91 Å². The largest absolute Gasteiger partial charge is 0.481 e. The van der Waals surface area contributed by atoms with Gasteiger partial charge in [-0.05, 0) is 41.5 Å². The molecule has 206 valence electrons. The number of carboxylic acid groups (broad SMARTS) is 1. The monoisotopic (exact) mass is 588 g/mol. The van der Waals surface area contributed by atoms with E-state index in [9.17, 15) is 14.4 Å². The van der Waals surface area contributed by atoms with Crippen molar-refractivity contribution in [2.75, 3.05) is 5.32 Å². The van der Waals surface area contributed by atoms with Gasteiger partial charge in [-0.3, -0.25) is 19.0 Å². The van der Waals surface area contributed by atoms with Crippen LogP contribution in [0.5, 0.6) is 0 Å². The molecule has 2 aromatic heterocycles. The number of rotatable bonds is 9. The van der Waals surface area contributed by atoms with Gasteiger partial charge in [0, 0.05) is 28.8 Å². The van der Waals surface area contributed by atoms with Gasteiger partial charge < -0.3 is 10.4 Å². The number of carbonyl (C=O) groups is 2. The van der Waals surface area contributed by atoms with Crippen LogP contribution in [0.2, 0.25) is 10.2 Å². The molecule has 5 rings (SSSR count). The quantitative estimate of drug-likeness (QED) is 0.251. The molecule has 0 saturated heterocycles. The van der Waals surface area contributed by atoms with Gasteiger partial charge in [0.25, 0.3) is 5.56 Å². The van der Waals surface area contributed by atoms with E-state index in [1.165, 1.54) is 27.8 Å². The molecule has 3 aromatic carbocycles. The highest BCUT2D eigenvalue weighted by atomic mass is 35.5. The summed E-state index contributed by atoms with van der Waals surface area (Å²) in [6.07, 6.45) is 2.95. The number of hydrogen-bond donors (Lipinski definition) is 2. The summed E-state index contributed by atoms with van der Waals surface area (Å²) in [4.78, 5) is 42.5. The second-order valence-corrected chi connectivity index (χ2v) is 9.95. The number of anilines is 1. The van der Waals surface area contributed by atoms with Crippen LogP contribution in [0.25, 0.3) is 16.9 Å². The average molecular weight is 589 g/mol. The highest BCUT2D eigenvalue weighted by Crippen LogP contribution is 2.28. The number of amides is 1. The standard InChI is InChI=1S/C29H22Cl2N6O4/c30-20-8-11-24(37-16-26(31)34-35-37)22(14-20)23-15-27(38)36(17-32-23)25(12-18-4-2-1-3-5-18)29(41)33-21-9-6-19(7-10-21)13-28(39)40/h1-11,14-17,25H,12-13H2,(H,33,41)(H,39,40)/t25-/m0/s1. The lowest BCUT2D eigenvalue weighted by atomic mass is 10.0. The SMILES string of the molecule is O=C(O)Cc1ccc(NC(=O)[C@H](Cc2ccccc2)n2cnc(-c3cc(Cl)ccc3-n3cc(Cl)nn3)cc2=O)cc1. The summed E-state index contributed by atoms with van der Waals surface area (Å²) in [5.74, 6) is -1.38. The molecule has 1 amide bonds. The molecule has 1 atom stereocenters.